The maximum Gasteiger partial charge on any atom is 0.266 e. The van der Waals surface area contributed by atoms with Crippen LogP contribution in [0.3, 0.4) is 0 Å². The number of nitriles is 1. The fourth-order valence-electron chi connectivity index (χ4n) is 2.45. The molecular weight excluding hydrogens is 342 g/mol. The summed E-state index contributed by atoms with van der Waals surface area (Å²) in [5.74, 6) is 2.54. The van der Waals surface area contributed by atoms with Crippen molar-refractivity contribution in [2.45, 2.75) is 46.8 Å². The van der Waals surface area contributed by atoms with Crippen LogP contribution in [0, 0.1) is 25.2 Å². The van der Waals surface area contributed by atoms with Gasteiger partial charge in [0, 0.05) is 6.04 Å². The molecule has 0 saturated carbocycles. The van der Waals surface area contributed by atoms with Crippen molar-refractivity contribution in [3.63, 3.8) is 0 Å². The molecular formula is C21H23N3O3. The molecule has 0 unspecified atom stereocenters. The Morgan fingerprint density at radius 3 is 2.70 bits per heavy atom. The lowest BCUT2D eigenvalue weighted by Gasteiger charge is -2.08. The Kier molecular flexibility index (Phi) is 5.51. The quantitative estimate of drug-likeness (QED) is 0.618. The van der Waals surface area contributed by atoms with Crippen LogP contribution in [0.25, 0.3) is 11.7 Å². The van der Waals surface area contributed by atoms with Crippen LogP contribution in [-0.4, -0.2) is 11.0 Å². The van der Waals surface area contributed by atoms with E-state index in [1.165, 1.54) is 11.1 Å². The molecule has 2 heterocycles. The molecule has 0 fully saturated rings. The highest BCUT2D eigenvalue weighted by molar-refractivity contribution is 5.54. The molecule has 0 aliphatic carbocycles. The summed E-state index contributed by atoms with van der Waals surface area (Å²) in [6.07, 6.45) is 0.904. The van der Waals surface area contributed by atoms with E-state index < -0.39 is 0 Å². The number of hydrogen-bond donors (Lipinski definition) is 1. The lowest BCUT2D eigenvalue weighted by atomic mass is 10.1. The summed E-state index contributed by atoms with van der Waals surface area (Å²) in [7, 11) is 0. The normalized spacial score (nSPS) is 11.8. The molecule has 140 valence electrons. The Morgan fingerprint density at radius 1 is 1.19 bits per heavy atom. The van der Waals surface area contributed by atoms with Crippen LogP contribution in [0.4, 0.5) is 5.88 Å². The molecule has 27 heavy (non-hydrogen) atoms. The monoisotopic (exact) mass is 365 g/mol. The Bertz CT molecular complexity index is 965. The van der Waals surface area contributed by atoms with E-state index in [1.54, 1.807) is 6.07 Å². The summed E-state index contributed by atoms with van der Waals surface area (Å²) >= 11 is 0. The first-order valence-electron chi connectivity index (χ1n) is 8.96. The number of benzene rings is 1. The van der Waals surface area contributed by atoms with E-state index in [9.17, 15) is 5.26 Å². The van der Waals surface area contributed by atoms with Gasteiger partial charge in [0.25, 0.3) is 5.89 Å². The summed E-state index contributed by atoms with van der Waals surface area (Å²) in [5, 5.41) is 12.4. The first kappa shape index (κ1) is 18.6. The summed E-state index contributed by atoms with van der Waals surface area (Å²) in [6, 6.07) is 11.8. The van der Waals surface area contributed by atoms with Gasteiger partial charge >= 0.3 is 0 Å². The molecule has 6 heteroatoms. The predicted molar refractivity (Wildman–Crippen MR) is 103 cm³/mol. The third-order valence-corrected chi connectivity index (χ3v) is 4.45. The highest BCUT2D eigenvalue weighted by Gasteiger charge is 2.18. The molecule has 0 aliphatic heterocycles. The second-order valence-electron chi connectivity index (χ2n) is 6.56. The molecule has 1 atom stereocenters. The maximum absolute atomic E-state index is 9.26. The van der Waals surface area contributed by atoms with Crippen LogP contribution in [0.2, 0.25) is 0 Å². The molecule has 0 saturated heterocycles. The third kappa shape index (κ3) is 4.32. The number of oxazole rings is 1. The second kappa shape index (κ2) is 8.00. The van der Waals surface area contributed by atoms with Crippen molar-refractivity contribution in [1.82, 2.24) is 4.98 Å². The second-order valence-corrected chi connectivity index (χ2v) is 6.56. The van der Waals surface area contributed by atoms with Gasteiger partial charge in [0.15, 0.2) is 5.76 Å². The molecule has 0 bridgehead atoms. The summed E-state index contributed by atoms with van der Waals surface area (Å²) in [6.45, 7) is 8.47. The van der Waals surface area contributed by atoms with Crippen LogP contribution in [0.1, 0.15) is 42.8 Å². The summed E-state index contributed by atoms with van der Waals surface area (Å²) in [4.78, 5) is 4.21. The first-order chi connectivity index (χ1) is 13.0. The predicted octanol–water partition coefficient (Wildman–Crippen LogP) is 5.21. The average Bonchev–Trinajstić information content (AvgIpc) is 3.29. The van der Waals surface area contributed by atoms with Crippen LogP contribution < -0.4 is 10.1 Å². The molecule has 1 N–H and O–H groups in total. The minimum atomic E-state index is 0.177. The maximum atomic E-state index is 9.26. The average molecular weight is 365 g/mol. The Hall–Kier alpha value is -3.20. The summed E-state index contributed by atoms with van der Waals surface area (Å²) < 4.78 is 17.2. The zero-order valence-electron chi connectivity index (χ0n) is 16.0. The molecule has 0 aliphatic rings. The van der Waals surface area contributed by atoms with E-state index >= 15 is 0 Å². The zero-order chi connectivity index (χ0) is 19.4. The number of aromatic nitrogens is 1. The highest BCUT2D eigenvalue weighted by atomic mass is 16.5. The number of hydrogen-bond acceptors (Lipinski definition) is 6. The van der Waals surface area contributed by atoms with Gasteiger partial charge in [-0.05, 0) is 62.6 Å². The van der Waals surface area contributed by atoms with E-state index in [4.69, 9.17) is 13.6 Å². The van der Waals surface area contributed by atoms with E-state index in [0.717, 1.165) is 12.2 Å². The topological polar surface area (TPSA) is 84.2 Å². The zero-order valence-corrected chi connectivity index (χ0v) is 16.0. The first-order valence-corrected chi connectivity index (χ1v) is 8.96. The van der Waals surface area contributed by atoms with Crippen molar-refractivity contribution in [2.24, 2.45) is 0 Å². The number of anilines is 1. The largest absolute Gasteiger partial charge is 0.486 e. The molecule has 1 aromatic carbocycles. The van der Waals surface area contributed by atoms with Crippen LogP contribution in [0.5, 0.6) is 5.75 Å². The van der Waals surface area contributed by atoms with Gasteiger partial charge in [-0.3, -0.25) is 0 Å². The van der Waals surface area contributed by atoms with Gasteiger partial charge in [0.1, 0.15) is 24.2 Å². The summed E-state index contributed by atoms with van der Waals surface area (Å²) in [5.41, 5.74) is 2.62. The number of ether oxygens (including phenoxy) is 1. The number of nitrogens with one attached hydrogen (secondary N) is 1. The van der Waals surface area contributed by atoms with E-state index in [0.29, 0.717) is 24.0 Å². The van der Waals surface area contributed by atoms with Gasteiger partial charge in [0.2, 0.25) is 11.6 Å². The molecule has 2 aromatic heterocycles. The molecule has 3 aromatic rings. The van der Waals surface area contributed by atoms with Crippen LogP contribution in [-0.2, 0) is 6.61 Å². The number of furan rings is 1. The van der Waals surface area contributed by atoms with Crippen LogP contribution in [0.15, 0.2) is 39.2 Å². The van der Waals surface area contributed by atoms with Gasteiger partial charge in [-0.25, -0.2) is 0 Å². The lowest BCUT2D eigenvalue weighted by molar-refractivity contribution is 0.271. The van der Waals surface area contributed by atoms with Crippen molar-refractivity contribution >= 4 is 5.88 Å². The molecule has 6 nitrogen and oxygen atoms in total. The van der Waals surface area contributed by atoms with Gasteiger partial charge in [-0.1, -0.05) is 13.0 Å². The molecule has 0 radical (unpaired) electrons. The standard InChI is InChI=1S/C21H23N3O3/c1-5-15(4)23-20-18(11-22)24-21(27-20)19-9-8-17(26-19)12-25-16-7-6-13(2)14(3)10-16/h6-10,15,23H,5,12H2,1-4H3/t15-/m0/s1. The third-order valence-electron chi connectivity index (χ3n) is 4.45. The fourth-order valence-corrected chi connectivity index (χ4v) is 2.45. The van der Waals surface area contributed by atoms with Gasteiger partial charge in [-0.2, -0.15) is 10.2 Å². The van der Waals surface area contributed by atoms with Crippen molar-refractivity contribution in [2.75, 3.05) is 5.32 Å². The Morgan fingerprint density at radius 2 is 2.00 bits per heavy atom. The van der Waals surface area contributed by atoms with E-state index in [1.807, 2.05) is 44.2 Å². The van der Waals surface area contributed by atoms with Gasteiger partial charge in [-0.15, -0.1) is 0 Å². The number of nitrogens with zero attached hydrogens (tertiary/aromatic N) is 2. The molecule has 3 rings (SSSR count). The van der Waals surface area contributed by atoms with E-state index in [-0.39, 0.29) is 17.6 Å². The minimum absolute atomic E-state index is 0.177. The van der Waals surface area contributed by atoms with Crippen molar-refractivity contribution in [1.29, 1.82) is 5.26 Å². The van der Waals surface area contributed by atoms with Crippen molar-refractivity contribution in [3.05, 3.63) is 52.9 Å². The highest BCUT2D eigenvalue weighted by Crippen LogP contribution is 2.28. The van der Waals surface area contributed by atoms with Gasteiger partial charge in [0.05, 0.1) is 0 Å². The van der Waals surface area contributed by atoms with Crippen LogP contribution >= 0.6 is 0 Å². The lowest BCUT2D eigenvalue weighted by Crippen LogP contribution is -2.13. The van der Waals surface area contributed by atoms with Crippen molar-refractivity contribution in [3.8, 4) is 23.5 Å². The minimum Gasteiger partial charge on any atom is -0.486 e. The Balaban J connectivity index is 1.71. The SMILES string of the molecule is CC[C@H](C)Nc1oc(-c2ccc(COc3ccc(C)c(C)c3)o2)nc1C#N. The smallest absolute Gasteiger partial charge is 0.266 e. The fraction of sp³-hybridized carbons (Fsp3) is 0.333. The number of rotatable bonds is 7. The Labute approximate surface area is 158 Å². The molecule has 0 amide bonds. The molecule has 0 spiro atoms. The number of aryl methyl sites for hydroxylation is 2. The van der Waals surface area contributed by atoms with E-state index in [2.05, 4.69) is 24.1 Å². The van der Waals surface area contributed by atoms with Crippen molar-refractivity contribution < 1.29 is 13.6 Å². The van der Waals surface area contributed by atoms with Gasteiger partial charge < -0.3 is 18.9 Å².